The molecule has 1 aliphatic heterocycles. The zero-order valence-corrected chi connectivity index (χ0v) is 11.2. The van der Waals surface area contributed by atoms with Crippen molar-refractivity contribution in [3.8, 4) is 0 Å². The van der Waals surface area contributed by atoms with Crippen LogP contribution >= 0.6 is 0 Å². The number of likely N-dealkylation sites (tertiary alicyclic amines) is 1. The smallest absolute Gasteiger partial charge is 0.397 e. The van der Waals surface area contributed by atoms with Crippen LogP contribution in [0.15, 0.2) is 18.2 Å². The van der Waals surface area contributed by atoms with Crippen molar-refractivity contribution in [3.05, 3.63) is 23.8 Å². The molecular weight excluding hydrogens is 287 g/mol. The van der Waals surface area contributed by atoms with E-state index in [2.05, 4.69) is 0 Å². The molecule has 0 spiro atoms. The quantitative estimate of drug-likeness (QED) is 0.650. The zero-order chi connectivity index (χ0) is 15.5. The number of hydrogen-bond acceptors (Lipinski definition) is 4. The van der Waals surface area contributed by atoms with E-state index in [0.29, 0.717) is 13.1 Å². The number of rotatable bonds is 2. The molecule has 0 radical (unpaired) electrons. The first-order valence-corrected chi connectivity index (χ1v) is 6.57. The van der Waals surface area contributed by atoms with Crippen molar-refractivity contribution < 1.29 is 22.8 Å². The van der Waals surface area contributed by atoms with E-state index in [1.54, 1.807) is 0 Å². The second kappa shape index (κ2) is 6.11. The molecule has 116 valence electrons. The van der Waals surface area contributed by atoms with Crippen molar-refractivity contribution in [2.45, 2.75) is 25.4 Å². The molecule has 1 fully saturated rings. The van der Waals surface area contributed by atoms with Gasteiger partial charge in [0.2, 0.25) is 0 Å². The number of nitrogen functional groups attached to an aromatic ring is 1. The lowest BCUT2D eigenvalue weighted by atomic mass is 10.1. The topological polar surface area (TPSA) is 67.6 Å². The van der Waals surface area contributed by atoms with Gasteiger partial charge in [-0.1, -0.05) is 6.07 Å². The predicted octanol–water partition coefficient (Wildman–Crippen LogP) is 3.24. The summed E-state index contributed by atoms with van der Waals surface area (Å²) in [6, 6.07) is 3.36. The molecule has 3 N–H and O–H groups in total. The summed E-state index contributed by atoms with van der Waals surface area (Å²) in [6.07, 6.45) is -2.55. The predicted molar refractivity (Wildman–Crippen MR) is 71.4 cm³/mol. The monoisotopic (exact) mass is 303 g/mol. The van der Waals surface area contributed by atoms with Gasteiger partial charge < -0.3 is 15.5 Å². The van der Waals surface area contributed by atoms with Gasteiger partial charge in [-0.15, -0.1) is 0 Å². The molecule has 0 aromatic heterocycles. The second-order valence-electron chi connectivity index (χ2n) is 4.79. The van der Waals surface area contributed by atoms with Crippen molar-refractivity contribution in [2.75, 3.05) is 24.3 Å². The Bertz CT molecular complexity index is 514. The summed E-state index contributed by atoms with van der Waals surface area (Å²) in [5.74, 6) is 0. The van der Waals surface area contributed by atoms with Crippen LogP contribution < -0.4 is 11.2 Å². The number of nitrogens with one attached hydrogen (secondary N) is 1. The summed E-state index contributed by atoms with van der Waals surface area (Å²) in [4.78, 5) is 18.0. The van der Waals surface area contributed by atoms with Gasteiger partial charge in [-0.05, 0) is 31.4 Å². The highest BCUT2D eigenvalue weighted by Gasteiger charge is 2.34. The molecular formula is C13H16F3N3O2. The Morgan fingerprint density at radius 1 is 1.24 bits per heavy atom. The number of carbonyl (C=O) groups excluding carboxylic acids is 1. The Hall–Kier alpha value is -2.12. The van der Waals surface area contributed by atoms with Crippen LogP contribution in [0.1, 0.15) is 24.8 Å². The molecule has 1 aromatic carbocycles. The Labute approximate surface area is 119 Å². The normalized spacial score (nSPS) is 15.7. The first-order valence-electron chi connectivity index (χ1n) is 6.57. The van der Waals surface area contributed by atoms with Crippen molar-refractivity contribution >= 4 is 17.5 Å². The van der Waals surface area contributed by atoms with E-state index < -0.39 is 23.5 Å². The molecule has 21 heavy (non-hydrogen) atoms. The van der Waals surface area contributed by atoms with Gasteiger partial charge in [0.05, 0.1) is 11.3 Å². The fourth-order valence-electron chi connectivity index (χ4n) is 2.16. The van der Waals surface area contributed by atoms with Crippen molar-refractivity contribution in [2.24, 2.45) is 0 Å². The number of hydrogen-bond donors (Lipinski definition) is 2. The lowest BCUT2D eigenvalue weighted by Crippen LogP contribution is -2.37. The number of carbonyl (C=O) groups is 1. The fraction of sp³-hybridized carbons (Fsp3) is 0.462. The number of para-hydroxylation sites is 1. The minimum Gasteiger partial charge on any atom is -0.397 e. The van der Waals surface area contributed by atoms with Gasteiger partial charge in [0.1, 0.15) is 5.69 Å². The minimum atomic E-state index is -4.59. The van der Waals surface area contributed by atoms with Crippen LogP contribution in [0.2, 0.25) is 0 Å². The molecule has 0 aliphatic carbocycles. The van der Waals surface area contributed by atoms with Gasteiger partial charge in [0.15, 0.2) is 0 Å². The second-order valence-corrected chi connectivity index (χ2v) is 4.79. The van der Waals surface area contributed by atoms with E-state index in [9.17, 15) is 18.0 Å². The Morgan fingerprint density at radius 2 is 1.90 bits per heavy atom. The fourth-order valence-corrected chi connectivity index (χ4v) is 2.16. The van der Waals surface area contributed by atoms with E-state index in [1.165, 1.54) is 17.0 Å². The minimum absolute atomic E-state index is 0.142. The third-order valence-corrected chi connectivity index (χ3v) is 3.26. The highest BCUT2D eigenvalue weighted by molar-refractivity contribution is 5.74. The molecule has 0 atom stereocenters. The number of nitrogens with zero attached hydrogens (tertiary/aromatic N) is 1. The number of anilines is 2. The molecule has 0 bridgehead atoms. The first-order chi connectivity index (χ1) is 9.89. The van der Waals surface area contributed by atoms with Gasteiger partial charge in [0.25, 0.3) is 0 Å². The number of piperidine rings is 1. The van der Waals surface area contributed by atoms with Crippen LogP contribution in [0.5, 0.6) is 0 Å². The van der Waals surface area contributed by atoms with E-state index in [0.717, 1.165) is 25.3 Å². The molecule has 8 heteroatoms. The SMILES string of the molecule is Nc1cccc(C(F)(F)F)c1NOC(=O)N1CCCCC1. The summed E-state index contributed by atoms with van der Waals surface area (Å²) in [5, 5.41) is 0. The van der Waals surface area contributed by atoms with Crippen molar-refractivity contribution in [1.82, 2.24) is 4.90 Å². The summed E-state index contributed by atoms with van der Waals surface area (Å²) < 4.78 is 38.6. The van der Waals surface area contributed by atoms with Gasteiger partial charge in [-0.3, -0.25) is 0 Å². The lowest BCUT2D eigenvalue weighted by Gasteiger charge is -2.26. The summed E-state index contributed by atoms with van der Waals surface area (Å²) in [7, 11) is 0. The van der Waals surface area contributed by atoms with Crippen LogP contribution in [-0.2, 0) is 11.0 Å². The van der Waals surface area contributed by atoms with E-state index >= 15 is 0 Å². The number of halogens is 3. The summed E-state index contributed by atoms with van der Waals surface area (Å²) in [6.45, 7) is 1.08. The molecule has 1 aromatic rings. The van der Waals surface area contributed by atoms with Gasteiger partial charge in [0, 0.05) is 13.1 Å². The van der Waals surface area contributed by atoms with Crippen LogP contribution in [0.4, 0.5) is 29.3 Å². The Balaban J connectivity index is 2.07. The van der Waals surface area contributed by atoms with Crippen LogP contribution in [0, 0.1) is 0 Å². The standard InChI is InChI=1S/C13H16F3N3O2/c14-13(15,16)9-5-4-6-10(17)11(9)18-21-12(20)19-7-2-1-3-8-19/h4-6,18H,1-3,7-8,17H2. The molecule has 1 heterocycles. The molecule has 5 nitrogen and oxygen atoms in total. The summed E-state index contributed by atoms with van der Waals surface area (Å²) >= 11 is 0. The molecule has 1 amide bonds. The van der Waals surface area contributed by atoms with E-state index in [4.69, 9.17) is 10.6 Å². The average Bonchev–Trinajstić information content (AvgIpc) is 2.45. The van der Waals surface area contributed by atoms with Crippen LogP contribution in [-0.4, -0.2) is 24.1 Å². The van der Waals surface area contributed by atoms with Crippen molar-refractivity contribution in [3.63, 3.8) is 0 Å². The zero-order valence-electron chi connectivity index (χ0n) is 11.2. The highest BCUT2D eigenvalue weighted by atomic mass is 19.4. The summed E-state index contributed by atoms with van der Waals surface area (Å²) in [5.41, 5.74) is 6.00. The Morgan fingerprint density at radius 3 is 2.52 bits per heavy atom. The average molecular weight is 303 g/mol. The largest absolute Gasteiger partial charge is 0.434 e. The maximum Gasteiger partial charge on any atom is 0.434 e. The van der Waals surface area contributed by atoms with Gasteiger partial charge in [-0.2, -0.15) is 13.2 Å². The van der Waals surface area contributed by atoms with Crippen molar-refractivity contribution in [1.29, 1.82) is 0 Å². The van der Waals surface area contributed by atoms with E-state index in [1.807, 2.05) is 5.48 Å². The van der Waals surface area contributed by atoms with Gasteiger partial charge in [-0.25, -0.2) is 10.3 Å². The maximum atomic E-state index is 12.9. The number of nitrogens with two attached hydrogens (primary N) is 1. The Kier molecular flexibility index (Phi) is 4.44. The highest BCUT2D eigenvalue weighted by Crippen LogP contribution is 2.37. The molecule has 2 rings (SSSR count). The van der Waals surface area contributed by atoms with Crippen LogP contribution in [0.3, 0.4) is 0 Å². The molecule has 1 aliphatic rings. The number of amides is 1. The third kappa shape index (κ3) is 3.71. The maximum absolute atomic E-state index is 12.9. The molecule has 0 saturated carbocycles. The first kappa shape index (κ1) is 15.3. The lowest BCUT2D eigenvalue weighted by molar-refractivity contribution is -0.137. The molecule has 1 saturated heterocycles. The molecule has 0 unspecified atom stereocenters. The number of alkyl halides is 3. The third-order valence-electron chi connectivity index (χ3n) is 3.26. The van der Waals surface area contributed by atoms with Crippen LogP contribution in [0.25, 0.3) is 0 Å². The number of benzene rings is 1. The van der Waals surface area contributed by atoms with E-state index in [-0.39, 0.29) is 5.69 Å². The van der Waals surface area contributed by atoms with Gasteiger partial charge >= 0.3 is 12.3 Å².